The van der Waals surface area contributed by atoms with Crippen molar-refractivity contribution in [1.29, 1.82) is 0 Å². The van der Waals surface area contributed by atoms with E-state index >= 15 is 0 Å². The van der Waals surface area contributed by atoms with E-state index in [1.54, 1.807) is 6.07 Å². The molecule has 0 saturated heterocycles. The molecule has 0 aromatic heterocycles. The summed E-state index contributed by atoms with van der Waals surface area (Å²) in [5, 5.41) is 0. The number of benzene rings is 1. The molecule has 86 valence electrons. The average molecular weight is 289 g/mol. The van der Waals surface area contributed by atoms with Crippen LogP contribution in [0, 0.1) is 5.82 Å². The summed E-state index contributed by atoms with van der Waals surface area (Å²) in [5.74, 6) is -0.323. The van der Waals surface area contributed by atoms with Crippen LogP contribution in [0.5, 0.6) is 5.75 Å². The van der Waals surface area contributed by atoms with E-state index in [1.807, 2.05) is 0 Å². The summed E-state index contributed by atoms with van der Waals surface area (Å²) in [4.78, 5) is 11.1. The Morgan fingerprint density at radius 3 is 2.81 bits per heavy atom. The molecular weight excluding hydrogens is 279 g/mol. The van der Waals surface area contributed by atoms with Gasteiger partial charge in [-0.05, 0) is 18.2 Å². The van der Waals surface area contributed by atoms with Gasteiger partial charge in [-0.25, -0.2) is 4.39 Å². The third-order valence-electron chi connectivity index (χ3n) is 2.48. The standard InChI is InChI=1S/C11H10BrFO3/c1-15-11-8(14)5-10(11)16-9-3-2-6(12)4-7(9)13/h2-4,10-11H,5H2,1H3. The number of carbonyl (C=O) groups excluding carboxylic acids is 1. The van der Waals surface area contributed by atoms with Crippen molar-refractivity contribution in [2.45, 2.75) is 18.6 Å². The number of ketones is 1. The quantitative estimate of drug-likeness (QED) is 0.856. The first kappa shape index (κ1) is 11.5. The first-order valence-electron chi connectivity index (χ1n) is 4.79. The van der Waals surface area contributed by atoms with E-state index in [0.717, 1.165) is 0 Å². The van der Waals surface area contributed by atoms with Gasteiger partial charge < -0.3 is 9.47 Å². The Balaban J connectivity index is 2.07. The van der Waals surface area contributed by atoms with Gasteiger partial charge in [-0.15, -0.1) is 0 Å². The molecule has 2 unspecified atom stereocenters. The zero-order valence-electron chi connectivity index (χ0n) is 8.57. The van der Waals surface area contributed by atoms with Crippen LogP contribution in [0.1, 0.15) is 6.42 Å². The van der Waals surface area contributed by atoms with Crippen molar-refractivity contribution in [3.63, 3.8) is 0 Å². The molecule has 1 aliphatic carbocycles. The normalized spacial score (nSPS) is 24.1. The molecule has 0 radical (unpaired) electrons. The number of carbonyl (C=O) groups is 1. The van der Waals surface area contributed by atoms with Gasteiger partial charge in [-0.2, -0.15) is 0 Å². The fourth-order valence-electron chi connectivity index (χ4n) is 1.59. The lowest BCUT2D eigenvalue weighted by atomic mass is 9.90. The minimum atomic E-state index is -0.567. The lowest BCUT2D eigenvalue weighted by Crippen LogP contribution is -2.51. The second kappa shape index (κ2) is 4.51. The molecule has 16 heavy (non-hydrogen) atoms. The van der Waals surface area contributed by atoms with E-state index in [9.17, 15) is 9.18 Å². The van der Waals surface area contributed by atoms with Crippen LogP contribution in [0.15, 0.2) is 22.7 Å². The SMILES string of the molecule is COC1C(=O)CC1Oc1ccc(Br)cc1F. The largest absolute Gasteiger partial charge is 0.484 e. The number of hydrogen-bond acceptors (Lipinski definition) is 3. The molecule has 0 bridgehead atoms. The van der Waals surface area contributed by atoms with Crippen molar-refractivity contribution in [2.24, 2.45) is 0 Å². The molecule has 3 nitrogen and oxygen atoms in total. The first-order chi connectivity index (χ1) is 7.61. The number of hydrogen-bond donors (Lipinski definition) is 0. The smallest absolute Gasteiger partial charge is 0.169 e. The van der Waals surface area contributed by atoms with Crippen LogP contribution in [0.25, 0.3) is 0 Å². The highest BCUT2D eigenvalue weighted by molar-refractivity contribution is 9.10. The number of methoxy groups -OCH3 is 1. The summed E-state index contributed by atoms with van der Waals surface area (Å²) < 4.78 is 24.4. The Morgan fingerprint density at radius 1 is 1.50 bits per heavy atom. The molecule has 0 N–H and O–H groups in total. The van der Waals surface area contributed by atoms with Crippen molar-refractivity contribution in [2.75, 3.05) is 7.11 Å². The van der Waals surface area contributed by atoms with Crippen molar-refractivity contribution in [1.82, 2.24) is 0 Å². The van der Waals surface area contributed by atoms with Crippen molar-refractivity contribution in [3.05, 3.63) is 28.5 Å². The molecule has 1 aromatic rings. The van der Waals surface area contributed by atoms with E-state index in [-0.39, 0.29) is 24.1 Å². The molecule has 0 amide bonds. The number of Topliss-reactive ketones (excluding diaryl/α,β-unsaturated/α-hetero) is 1. The predicted molar refractivity (Wildman–Crippen MR) is 58.9 cm³/mol. The average Bonchev–Trinajstić information content (AvgIpc) is 2.21. The van der Waals surface area contributed by atoms with Crippen molar-refractivity contribution < 1.29 is 18.7 Å². The van der Waals surface area contributed by atoms with Crippen molar-refractivity contribution >= 4 is 21.7 Å². The Bertz CT molecular complexity index is 422. The molecule has 1 saturated carbocycles. The van der Waals surface area contributed by atoms with Gasteiger partial charge in [0.05, 0.1) is 0 Å². The van der Waals surface area contributed by atoms with Gasteiger partial charge in [0.25, 0.3) is 0 Å². The Labute approximate surface area is 101 Å². The van der Waals surface area contributed by atoms with Gasteiger partial charge >= 0.3 is 0 Å². The van der Waals surface area contributed by atoms with E-state index in [0.29, 0.717) is 4.47 Å². The molecular formula is C11H10BrFO3. The van der Waals surface area contributed by atoms with Crippen LogP contribution in [-0.4, -0.2) is 25.1 Å². The van der Waals surface area contributed by atoms with E-state index in [4.69, 9.17) is 9.47 Å². The monoisotopic (exact) mass is 288 g/mol. The topological polar surface area (TPSA) is 35.5 Å². The van der Waals surface area contributed by atoms with Gasteiger partial charge in [0.1, 0.15) is 6.10 Å². The Morgan fingerprint density at radius 2 is 2.25 bits per heavy atom. The molecule has 5 heteroatoms. The molecule has 0 spiro atoms. The highest BCUT2D eigenvalue weighted by atomic mass is 79.9. The number of ether oxygens (including phenoxy) is 2. The molecule has 1 aromatic carbocycles. The minimum Gasteiger partial charge on any atom is -0.484 e. The third-order valence-corrected chi connectivity index (χ3v) is 2.98. The van der Waals surface area contributed by atoms with Gasteiger partial charge in [0.15, 0.2) is 23.5 Å². The lowest BCUT2D eigenvalue weighted by Gasteiger charge is -2.33. The summed E-state index contributed by atoms with van der Waals surface area (Å²) >= 11 is 3.15. The van der Waals surface area contributed by atoms with E-state index < -0.39 is 11.9 Å². The molecule has 0 aliphatic heterocycles. The molecule has 0 heterocycles. The zero-order chi connectivity index (χ0) is 11.7. The van der Waals surface area contributed by atoms with Crippen LogP contribution < -0.4 is 4.74 Å². The van der Waals surface area contributed by atoms with Crippen LogP contribution >= 0.6 is 15.9 Å². The zero-order valence-corrected chi connectivity index (χ0v) is 10.2. The molecule has 2 atom stereocenters. The fourth-order valence-corrected chi connectivity index (χ4v) is 1.92. The maximum Gasteiger partial charge on any atom is 0.169 e. The fraction of sp³-hybridized carbons (Fsp3) is 0.364. The van der Waals surface area contributed by atoms with E-state index in [1.165, 1.54) is 19.2 Å². The van der Waals surface area contributed by atoms with Crippen LogP contribution in [0.2, 0.25) is 0 Å². The summed E-state index contributed by atoms with van der Waals surface area (Å²) in [6, 6.07) is 4.52. The van der Waals surface area contributed by atoms with Gasteiger partial charge in [-0.3, -0.25) is 4.79 Å². The molecule has 2 rings (SSSR count). The highest BCUT2D eigenvalue weighted by Crippen LogP contribution is 2.28. The second-order valence-corrected chi connectivity index (χ2v) is 4.47. The van der Waals surface area contributed by atoms with E-state index in [2.05, 4.69) is 15.9 Å². The summed E-state index contributed by atoms with van der Waals surface area (Å²) in [7, 11) is 1.44. The van der Waals surface area contributed by atoms with Crippen molar-refractivity contribution in [3.8, 4) is 5.75 Å². The predicted octanol–water partition coefficient (Wildman–Crippen LogP) is 2.32. The maximum absolute atomic E-state index is 13.4. The highest BCUT2D eigenvalue weighted by Gasteiger charge is 2.42. The number of rotatable bonds is 3. The Hall–Kier alpha value is -0.940. The first-order valence-corrected chi connectivity index (χ1v) is 5.58. The van der Waals surface area contributed by atoms with Crippen LogP contribution in [0.3, 0.4) is 0 Å². The van der Waals surface area contributed by atoms with Crippen LogP contribution in [0.4, 0.5) is 4.39 Å². The lowest BCUT2D eigenvalue weighted by molar-refractivity contribution is -0.151. The number of halogens is 2. The van der Waals surface area contributed by atoms with Gasteiger partial charge in [0.2, 0.25) is 0 Å². The van der Waals surface area contributed by atoms with Crippen LogP contribution in [-0.2, 0) is 9.53 Å². The Kier molecular flexibility index (Phi) is 3.25. The summed E-state index contributed by atoms with van der Waals surface area (Å²) in [5.41, 5.74) is 0. The minimum absolute atomic E-state index is 0.00924. The third kappa shape index (κ3) is 2.10. The van der Waals surface area contributed by atoms with Gasteiger partial charge in [0, 0.05) is 18.0 Å². The molecule has 1 fully saturated rings. The summed E-state index contributed by atoms with van der Waals surface area (Å²) in [6.45, 7) is 0. The molecule has 1 aliphatic rings. The van der Waals surface area contributed by atoms with Gasteiger partial charge in [-0.1, -0.05) is 15.9 Å². The summed E-state index contributed by atoms with van der Waals surface area (Å²) in [6.07, 6.45) is -0.676. The second-order valence-electron chi connectivity index (χ2n) is 3.56. The maximum atomic E-state index is 13.4.